The molecule has 0 bridgehead atoms. The van der Waals surface area contributed by atoms with Crippen LogP contribution in [0.1, 0.15) is 15.9 Å². The number of benzene rings is 2. The summed E-state index contributed by atoms with van der Waals surface area (Å²) < 4.78 is 17.6. The molecule has 8 heteroatoms. The monoisotopic (exact) mass is 566 g/mol. The van der Waals surface area contributed by atoms with E-state index in [9.17, 15) is 4.79 Å². The standard InChI is InChI=1S/C17H16I2N2O4/c1-23-14-8-11(4-5-12(14)18)17(22)21-20-9-10-6-13(19)16(25-3)15(7-10)24-2/h4-9H,1-3H3,(H,21,22)/b20-9-. The average molecular weight is 566 g/mol. The first kappa shape index (κ1) is 19.8. The van der Waals surface area contributed by atoms with Gasteiger partial charge in [0.2, 0.25) is 0 Å². The van der Waals surface area contributed by atoms with Gasteiger partial charge in [-0.05, 0) is 81.1 Å². The Labute approximate surface area is 173 Å². The molecule has 0 saturated heterocycles. The average Bonchev–Trinajstić information content (AvgIpc) is 2.61. The molecule has 0 saturated carbocycles. The summed E-state index contributed by atoms with van der Waals surface area (Å²) in [5.41, 5.74) is 3.75. The number of nitrogens with one attached hydrogen (secondary N) is 1. The van der Waals surface area contributed by atoms with Crippen molar-refractivity contribution in [1.29, 1.82) is 0 Å². The topological polar surface area (TPSA) is 69.2 Å². The zero-order chi connectivity index (χ0) is 18.4. The minimum atomic E-state index is -0.318. The third-order valence-electron chi connectivity index (χ3n) is 3.25. The van der Waals surface area contributed by atoms with Gasteiger partial charge in [0.1, 0.15) is 5.75 Å². The number of rotatable bonds is 6. The van der Waals surface area contributed by atoms with Gasteiger partial charge in [0.15, 0.2) is 11.5 Å². The van der Waals surface area contributed by atoms with E-state index < -0.39 is 0 Å². The molecule has 0 aliphatic rings. The SMILES string of the molecule is COc1cc(C(=O)N/N=C\c2cc(I)c(OC)c(OC)c2)ccc1I. The maximum Gasteiger partial charge on any atom is 0.271 e. The second-order valence-electron chi connectivity index (χ2n) is 4.79. The molecule has 0 fully saturated rings. The summed E-state index contributed by atoms with van der Waals surface area (Å²) >= 11 is 4.29. The molecule has 2 aromatic carbocycles. The first-order valence-corrected chi connectivity index (χ1v) is 9.24. The van der Waals surface area contributed by atoms with Crippen LogP contribution in [0.15, 0.2) is 35.4 Å². The van der Waals surface area contributed by atoms with Gasteiger partial charge < -0.3 is 14.2 Å². The van der Waals surface area contributed by atoms with Crippen LogP contribution < -0.4 is 19.6 Å². The third kappa shape index (κ3) is 4.97. The zero-order valence-electron chi connectivity index (χ0n) is 13.8. The van der Waals surface area contributed by atoms with Crippen molar-refractivity contribution in [1.82, 2.24) is 5.43 Å². The lowest BCUT2D eigenvalue weighted by atomic mass is 10.2. The van der Waals surface area contributed by atoms with Gasteiger partial charge in [-0.3, -0.25) is 4.79 Å². The van der Waals surface area contributed by atoms with Crippen molar-refractivity contribution in [3.63, 3.8) is 0 Å². The quantitative estimate of drug-likeness (QED) is 0.330. The molecule has 0 aromatic heterocycles. The Balaban J connectivity index is 2.13. The fraction of sp³-hybridized carbons (Fsp3) is 0.176. The second-order valence-corrected chi connectivity index (χ2v) is 7.11. The fourth-order valence-electron chi connectivity index (χ4n) is 2.04. The molecule has 6 nitrogen and oxygen atoms in total. The zero-order valence-corrected chi connectivity index (χ0v) is 18.1. The molecule has 0 heterocycles. The van der Waals surface area contributed by atoms with E-state index in [1.165, 1.54) is 0 Å². The molecular formula is C17H16I2N2O4. The molecule has 1 amide bonds. The van der Waals surface area contributed by atoms with Gasteiger partial charge >= 0.3 is 0 Å². The maximum atomic E-state index is 12.2. The van der Waals surface area contributed by atoms with Crippen molar-refractivity contribution in [2.75, 3.05) is 21.3 Å². The number of carbonyl (C=O) groups excluding carboxylic acids is 1. The lowest BCUT2D eigenvalue weighted by Crippen LogP contribution is -2.17. The Morgan fingerprint density at radius 1 is 1.00 bits per heavy atom. The molecule has 0 atom stereocenters. The molecule has 0 aliphatic carbocycles. The van der Waals surface area contributed by atoms with E-state index in [-0.39, 0.29) is 5.91 Å². The van der Waals surface area contributed by atoms with Crippen molar-refractivity contribution < 1.29 is 19.0 Å². The molecule has 0 spiro atoms. The minimum Gasteiger partial charge on any atom is -0.496 e. The Hall–Kier alpha value is -1.56. The van der Waals surface area contributed by atoms with Crippen LogP contribution in [0, 0.1) is 7.14 Å². The Morgan fingerprint density at radius 2 is 1.72 bits per heavy atom. The predicted octanol–water partition coefficient (Wildman–Crippen LogP) is 3.69. The van der Waals surface area contributed by atoms with Crippen LogP contribution >= 0.6 is 45.2 Å². The molecule has 0 radical (unpaired) electrons. The van der Waals surface area contributed by atoms with E-state index >= 15 is 0 Å². The molecule has 0 unspecified atom stereocenters. The van der Waals surface area contributed by atoms with Crippen molar-refractivity contribution in [3.05, 3.63) is 48.6 Å². The number of hydrogen-bond acceptors (Lipinski definition) is 5. The summed E-state index contributed by atoms with van der Waals surface area (Å²) in [4.78, 5) is 12.2. The van der Waals surface area contributed by atoms with E-state index in [2.05, 4.69) is 55.7 Å². The van der Waals surface area contributed by atoms with E-state index in [1.54, 1.807) is 45.7 Å². The molecule has 2 aromatic rings. The molecule has 0 aliphatic heterocycles. The summed E-state index contributed by atoms with van der Waals surface area (Å²) in [6, 6.07) is 8.87. The first-order chi connectivity index (χ1) is 12.0. The highest BCUT2D eigenvalue weighted by atomic mass is 127. The summed E-state index contributed by atoms with van der Waals surface area (Å²) in [5, 5.41) is 4.00. The number of methoxy groups -OCH3 is 3. The van der Waals surface area contributed by atoms with Crippen molar-refractivity contribution in [3.8, 4) is 17.2 Å². The van der Waals surface area contributed by atoms with Crippen molar-refractivity contribution in [2.45, 2.75) is 0 Å². The number of nitrogens with zero attached hydrogens (tertiary/aromatic N) is 1. The highest BCUT2D eigenvalue weighted by Crippen LogP contribution is 2.33. The largest absolute Gasteiger partial charge is 0.496 e. The summed E-state index contributed by atoms with van der Waals surface area (Å²) in [7, 11) is 4.72. The van der Waals surface area contributed by atoms with Crippen molar-refractivity contribution in [2.24, 2.45) is 5.10 Å². The number of halogens is 2. The third-order valence-corrected chi connectivity index (χ3v) is 4.94. The fourth-order valence-corrected chi connectivity index (χ4v) is 3.44. The van der Waals surface area contributed by atoms with Gasteiger partial charge in [0.05, 0.1) is 34.7 Å². The molecular weight excluding hydrogens is 550 g/mol. The number of carbonyl (C=O) groups is 1. The molecule has 2 rings (SSSR count). The number of hydrogen-bond donors (Lipinski definition) is 1. The molecule has 1 N–H and O–H groups in total. The predicted molar refractivity (Wildman–Crippen MR) is 113 cm³/mol. The van der Waals surface area contributed by atoms with E-state index in [1.807, 2.05) is 12.1 Å². The van der Waals surface area contributed by atoms with Gasteiger partial charge in [0, 0.05) is 5.56 Å². The Kier molecular flexibility index (Phi) is 7.29. The maximum absolute atomic E-state index is 12.2. The number of hydrazone groups is 1. The lowest BCUT2D eigenvalue weighted by molar-refractivity contribution is 0.0954. The lowest BCUT2D eigenvalue weighted by Gasteiger charge is -2.10. The highest BCUT2D eigenvalue weighted by molar-refractivity contribution is 14.1. The Bertz CT molecular complexity index is 809. The first-order valence-electron chi connectivity index (χ1n) is 7.08. The smallest absolute Gasteiger partial charge is 0.271 e. The van der Waals surface area contributed by atoms with Crippen LogP contribution in [-0.4, -0.2) is 33.5 Å². The van der Waals surface area contributed by atoms with Crippen LogP contribution in [0.4, 0.5) is 0 Å². The van der Waals surface area contributed by atoms with Gasteiger partial charge in [-0.25, -0.2) is 5.43 Å². The van der Waals surface area contributed by atoms with E-state index in [0.717, 1.165) is 12.7 Å². The van der Waals surface area contributed by atoms with Gasteiger partial charge in [-0.15, -0.1) is 0 Å². The summed E-state index contributed by atoms with van der Waals surface area (Å²) in [6.45, 7) is 0. The van der Waals surface area contributed by atoms with Crippen LogP contribution in [0.3, 0.4) is 0 Å². The van der Waals surface area contributed by atoms with Gasteiger partial charge in [-0.1, -0.05) is 0 Å². The van der Waals surface area contributed by atoms with Crippen LogP contribution in [0.2, 0.25) is 0 Å². The molecule has 132 valence electrons. The highest BCUT2D eigenvalue weighted by Gasteiger charge is 2.10. The van der Waals surface area contributed by atoms with Crippen LogP contribution in [-0.2, 0) is 0 Å². The van der Waals surface area contributed by atoms with Crippen molar-refractivity contribution >= 4 is 57.3 Å². The van der Waals surface area contributed by atoms with E-state index in [4.69, 9.17) is 14.2 Å². The number of ether oxygens (including phenoxy) is 3. The summed E-state index contributed by atoms with van der Waals surface area (Å²) in [6.07, 6.45) is 1.55. The van der Waals surface area contributed by atoms with Crippen LogP contribution in [0.25, 0.3) is 0 Å². The minimum absolute atomic E-state index is 0.318. The van der Waals surface area contributed by atoms with Crippen LogP contribution in [0.5, 0.6) is 17.2 Å². The van der Waals surface area contributed by atoms with Gasteiger partial charge in [0.25, 0.3) is 5.91 Å². The normalized spacial score (nSPS) is 10.6. The molecule has 25 heavy (non-hydrogen) atoms. The Morgan fingerprint density at radius 3 is 2.36 bits per heavy atom. The second kappa shape index (κ2) is 9.22. The summed E-state index contributed by atoms with van der Waals surface area (Å²) in [5.74, 6) is 1.59. The van der Waals surface area contributed by atoms with Gasteiger partial charge in [-0.2, -0.15) is 5.10 Å². The van der Waals surface area contributed by atoms with E-state index in [0.29, 0.717) is 22.8 Å². The number of amides is 1.